The Morgan fingerprint density at radius 1 is 1.27 bits per heavy atom. The van der Waals surface area contributed by atoms with E-state index in [1.807, 2.05) is 6.08 Å². The van der Waals surface area contributed by atoms with Crippen LogP contribution in [0.1, 0.15) is 27.2 Å². The summed E-state index contributed by atoms with van der Waals surface area (Å²) in [6.45, 7) is 6.66. The van der Waals surface area contributed by atoms with E-state index >= 15 is 0 Å². The third-order valence-electron chi connectivity index (χ3n) is 4.10. The Hall–Kier alpha value is -0.00312. The minimum Gasteiger partial charge on any atom is -0.458 e. The first-order chi connectivity index (χ1) is 10.3. The Morgan fingerprint density at radius 3 is 2.27 bits per heavy atom. The summed E-state index contributed by atoms with van der Waals surface area (Å²) < 4.78 is 9.79. The van der Waals surface area contributed by atoms with Gasteiger partial charge < -0.3 is 9.16 Å². The lowest BCUT2D eigenvalue weighted by Gasteiger charge is -2.36. The van der Waals surface area contributed by atoms with E-state index in [0.717, 1.165) is 23.7 Å². The number of halogens is 3. The van der Waals surface area contributed by atoms with Crippen LogP contribution in [0, 0.1) is 0 Å². The standard InChI is InChI=1S/C15H23Cl3O3Si/c1-4-22(5-2,6-3)21-13(15(16,17)18)9-7-12-8-10-14(19)20-11-12/h7-8,10,13H,4-6,9,11H2,1-3H3/b12-7+/t13-/m1/s1. The summed E-state index contributed by atoms with van der Waals surface area (Å²) in [6.07, 6.45) is 5.01. The molecule has 1 aliphatic heterocycles. The van der Waals surface area contributed by atoms with Crippen molar-refractivity contribution in [3.8, 4) is 0 Å². The normalized spacial score (nSPS) is 19.4. The topological polar surface area (TPSA) is 35.5 Å². The van der Waals surface area contributed by atoms with E-state index in [0.29, 0.717) is 6.42 Å². The zero-order valence-corrected chi connectivity index (χ0v) is 16.5. The van der Waals surface area contributed by atoms with E-state index in [-0.39, 0.29) is 12.6 Å². The number of alkyl halides is 3. The van der Waals surface area contributed by atoms with Gasteiger partial charge in [0.15, 0.2) is 8.32 Å². The molecule has 1 rings (SSSR count). The SMILES string of the molecule is CC[Si](CC)(CC)O[C@H](C/C=C1\C=CC(=O)OC1)C(Cl)(Cl)Cl. The second-order valence-electron chi connectivity index (χ2n) is 5.35. The lowest BCUT2D eigenvalue weighted by Crippen LogP contribution is -2.44. The molecule has 0 unspecified atom stereocenters. The fourth-order valence-electron chi connectivity index (χ4n) is 2.36. The number of carbonyl (C=O) groups is 1. The Balaban J connectivity index is 2.84. The van der Waals surface area contributed by atoms with Gasteiger partial charge in [-0.05, 0) is 36.2 Å². The highest BCUT2D eigenvalue weighted by atomic mass is 35.6. The molecule has 0 amide bonds. The molecular formula is C15H23Cl3O3Si. The maximum Gasteiger partial charge on any atom is 0.331 e. The van der Waals surface area contributed by atoms with Gasteiger partial charge in [-0.25, -0.2) is 4.79 Å². The smallest absolute Gasteiger partial charge is 0.331 e. The predicted octanol–water partition coefficient (Wildman–Crippen LogP) is 5.18. The largest absolute Gasteiger partial charge is 0.458 e. The molecule has 126 valence electrons. The molecule has 1 aliphatic rings. The van der Waals surface area contributed by atoms with E-state index in [2.05, 4.69) is 20.8 Å². The number of hydrogen-bond donors (Lipinski definition) is 0. The molecule has 7 heteroatoms. The first-order valence-electron chi connectivity index (χ1n) is 7.54. The summed E-state index contributed by atoms with van der Waals surface area (Å²) in [5.41, 5.74) is 0.888. The van der Waals surface area contributed by atoms with E-state index in [4.69, 9.17) is 44.0 Å². The van der Waals surface area contributed by atoms with Crippen LogP contribution in [-0.4, -0.2) is 30.8 Å². The average Bonchev–Trinajstić information content (AvgIpc) is 2.49. The van der Waals surface area contributed by atoms with Gasteiger partial charge in [0, 0.05) is 6.08 Å². The molecule has 0 saturated heterocycles. The molecule has 0 aromatic heterocycles. The molecule has 0 radical (unpaired) electrons. The molecule has 0 aromatic rings. The molecule has 0 fully saturated rings. The highest BCUT2D eigenvalue weighted by Crippen LogP contribution is 2.38. The summed E-state index contributed by atoms with van der Waals surface area (Å²) >= 11 is 18.3. The van der Waals surface area contributed by atoms with Crippen LogP contribution < -0.4 is 0 Å². The van der Waals surface area contributed by atoms with Crippen LogP contribution in [-0.2, 0) is 14.0 Å². The van der Waals surface area contributed by atoms with Crippen molar-refractivity contribution in [3.05, 3.63) is 23.8 Å². The second kappa shape index (κ2) is 8.74. The third-order valence-corrected chi connectivity index (χ3v) is 9.48. The number of ether oxygens (including phenoxy) is 1. The van der Waals surface area contributed by atoms with Crippen LogP contribution in [0.4, 0.5) is 0 Å². The maximum absolute atomic E-state index is 11.0. The van der Waals surface area contributed by atoms with Gasteiger partial charge in [0.25, 0.3) is 0 Å². The van der Waals surface area contributed by atoms with Crippen LogP contribution in [0.15, 0.2) is 23.8 Å². The van der Waals surface area contributed by atoms with Gasteiger partial charge in [0.05, 0.1) is 6.10 Å². The summed E-state index contributed by atoms with van der Waals surface area (Å²) in [5.74, 6) is -0.333. The van der Waals surface area contributed by atoms with Crippen LogP contribution in [0.3, 0.4) is 0 Å². The van der Waals surface area contributed by atoms with Gasteiger partial charge in [0.1, 0.15) is 6.61 Å². The van der Waals surface area contributed by atoms with E-state index in [9.17, 15) is 4.79 Å². The lowest BCUT2D eigenvalue weighted by atomic mass is 10.1. The van der Waals surface area contributed by atoms with Crippen LogP contribution >= 0.6 is 34.8 Å². The van der Waals surface area contributed by atoms with E-state index in [1.54, 1.807) is 6.08 Å². The van der Waals surface area contributed by atoms with Gasteiger partial charge in [0.2, 0.25) is 3.79 Å². The van der Waals surface area contributed by atoms with Crippen molar-refractivity contribution in [2.45, 2.75) is 55.2 Å². The predicted molar refractivity (Wildman–Crippen MR) is 95.2 cm³/mol. The van der Waals surface area contributed by atoms with Crippen LogP contribution in [0.25, 0.3) is 0 Å². The minimum absolute atomic E-state index is 0.250. The number of rotatable bonds is 7. The van der Waals surface area contributed by atoms with Crippen molar-refractivity contribution in [1.29, 1.82) is 0 Å². The lowest BCUT2D eigenvalue weighted by molar-refractivity contribution is -0.137. The fourth-order valence-corrected chi connectivity index (χ4v) is 5.86. The molecule has 0 saturated carbocycles. The minimum atomic E-state index is -1.87. The molecule has 3 nitrogen and oxygen atoms in total. The highest BCUT2D eigenvalue weighted by molar-refractivity contribution is 6.74. The van der Waals surface area contributed by atoms with Gasteiger partial charge in [-0.3, -0.25) is 0 Å². The van der Waals surface area contributed by atoms with Crippen molar-refractivity contribution >= 4 is 49.1 Å². The van der Waals surface area contributed by atoms with Crippen molar-refractivity contribution in [2.24, 2.45) is 0 Å². The molecule has 1 atom stereocenters. The fraction of sp³-hybridized carbons (Fsp3) is 0.667. The molecule has 0 bridgehead atoms. The van der Waals surface area contributed by atoms with Gasteiger partial charge in [-0.1, -0.05) is 61.7 Å². The Bertz CT molecular complexity index is 432. The Labute approximate surface area is 148 Å². The van der Waals surface area contributed by atoms with Crippen molar-refractivity contribution < 1.29 is 14.0 Å². The summed E-state index contributed by atoms with van der Waals surface area (Å²) in [5, 5.41) is 0. The molecule has 22 heavy (non-hydrogen) atoms. The van der Waals surface area contributed by atoms with Gasteiger partial charge in [-0.15, -0.1) is 0 Å². The van der Waals surface area contributed by atoms with E-state index in [1.165, 1.54) is 6.08 Å². The highest BCUT2D eigenvalue weighted by Gasteiger charge is 2.40. The summed E-state index contributed by atoms with van der Waals surface area (Å²) in [7, 11) is -1.87. The first kappa shape index (κ1) is 20.0. The Morgan fingerprint density at radius 2 is 1.86 bits per heavy atom. The molecule has 0 aliphatic carbocycles. The molecule has 0 N–H and O–H groups in total. The second-order valence-corrected chi connectivity index (χ2v) is 12.4. The van der Waals surface area contributed by atoms with Crippen LogP contribution in [0.5, 0.6) is 0 Å². The molecular weight excluding hydrogens is 363 g/mol. The van der Waals surface area contributed by atoms with E-state index < -0.39 is 18.2 Å². The third kappa shape index (κ3) is 5.89. The van der Waals surface area contributed by atoms with Crippen molar-refractivity contribution in [3.63, 3.8) is 0 Å². The van der Waals surface area contributed by atoms with Crippen molar-refractivity contribution in [1.82, 2.24) is 0 Å². The van der Waals surface area contributed by atoms with Gasteiger partial charge in [-0.2, -0.15) is 0 Å². The molecule has 0 aromatic carbocycles. The Kier molecular flexibility index (Phi) is 7.96. The quantitative estimate of drug-likeness (QED) is 0.344. The number of cyclic esters (lactones) is 1. The molecule has 1 heterocycles. The summed E-state index contributed by atoms with van der Waals surface area (Å²) in [6, 6.07) is 2.97. The molecule has 0 spiro atoms. The summed E-state index contributed by atoms with van der Waals surface area (Å²) in [4.78, 5) is 11.0. The number of carbonyl (C=O) groups excluding carboxylic acids is 1. The maximum atomic E-state index is 11.0. The zero-order valence-electron chi connectivity index (χ0n) is 13.2. The first-order valence-corrected chi connectivity index (χ1v) is 11.2. The van der Waals surface area contributed by atoms with Crippen molar-refractivity contribution in [2.75, 3.05) is 6.61 Å². The number of hydrogen-bond acceptors (Lipinski definition) is 3. The monoisotopic (exact) mass is 384 g/mol. The average molecular weight is 386 g/mol. The van der Waals surface area contributed by atoms with Gasteiger partial charge >= 0.3 is 5.97 Å². The zero-order chi connectivity index (χ0) is 16.8. The number of esters is 1. The van der Waals surface area contributed by atoms with Crippen LogP contribution in [0.2, 0.25) is 18.1 Å².